The van der Waals surface area contributed by atoms with Gasteiger partial charge in [-0.2, -0.15) is 0 Å². The van der Waals surface area contributed by atoms with Crippen molar-refractivity contribution >= 4 is 0 Å². The van der Waals surface area contributed by atoms with E-state index in [1.165, 1.54) is 18.4 Å². The summed E-state index contributed by atoms with van der Waals surface area (Å²) in [7, 11) is 0. The van der Waals surface area contributed by atoms with Crippen molar-refractivity contribution in [3.05, 3.63) is 35.9 Å². The summed E-state index contributed by atoms with van der Waals surface area (Å²) in [6.45, 7) is 6.69. The Bertz CT molecular complexity index is 230. The second-order valence-corrected chi connectivity index (χ2v) is 3.81. The Hall–Kier alpha value is -0.820. The predicted molar refractivity (Wildman–Crippen MR) is 62.6 cm³/mol. The molecule has 0 radical (unpaired) electrons. The van der Waals surface area contributed by atoms with Crippen LogP contribution in [-0.4, -0.2) is 13.1 Å². The lowest BCUT2D eigenvalue weighted by Gasteiger charge is -2.11. The molecule has 78 valence electrons. The van der Waals surface area contributed by atoms with Crippen LogP contribution >= 0.6 is 0 Å². The molecule has 0 aliphatic rings. The summed E-state index contributed by atoms with van der Waals surface area (Å²) in [4.78, 5) is 0. The lowest BCUT2D eigenvalue weighted by Crippen LogP contribution is -2.14. The van der Waals surface area contributed by atoms with Gasteiger partial charge in [0.15, 0.2) is 0 Å². The van der Waals surface area contributed by atoms with Crippen LogP contribution in [0.4, 0.5) is 0 Å². The van der Waals surface area contributed by atoms with Crippen molar-refractivity contribution in [1.82, 2.24) is 5.32 Å². The molecule has 1 aromatic carbocycles. The Morgan fingerprint density at radius 3 is 2.57 bits per heavy atom. The highest BCUT2D eigenvalue weighted by atomic mass is 14.8. The Morgan fingerprint density at radius 1 is 1.21 bits per heavy atom. The number of hydrogen-bond acceptors (Lipinski definition) is 1. The third kappa shape index (κ3) is 3.93. The van der Waals surface area contributed by atoms with E-state index in [2.05, 4.69) is 49.5 Å². The van der Waals surface area contributed by atoms with Crippen molar-refractivity contribution in [2.24, 2.45) is 0 Å². The maximum Gasteiger partial charge on any atom is -0.00488 e. The van der Waals surface area contributed by atoms with Gasteiger partial charge in [0.05, 0.1) is 0 Å². The molecule has 0 aromatic heterocycles. The molecule has 0 spiro atoms. The summed E-state index contributed by atoms with van der Waals surface area (Å²) in [6, 6.07) is 10.8. The Balaban J connectivity index is 2.25. The summed E-state index contributed by atoms with van der Waals surface area (Å²) in [5, 5.41) is 3.36. The zero-order valence-electron chi connectivity index (χ0n) is 9.29. The highest BCUT2D eigenvalue weighted by molar-refractivity contribution is 5.18. The van der Waals surface area contributed by atoms with Gasteiger partial charge in [-0.3, -0.25) is 0 Å². The van der Waals surface area contributed by atoms with Crippen LogP contribution < -0.4 is 5.32 Å². The fraction of sp³-hybridized carbons (Fsp3) is 0.538. The molecule has 1 atom stereocenters. The summed E-state index contributed by atoms with van der Waals surface area (Å²) in [5.74, 6) is 0.690. The maximum atomic E-state index is 3.36. The molecule has 1 unspecified atom stereocenters. The molecule has 0 heterocycles. The standard InChI is InChI=1S/C13H21N/c1-3-14-11-7-8-12(2)13-9-5-4-6-10-13/h4-6,9-10,12,14H,3,7-8,11H2,1-2H3. The van der Waals surface area contributed by atoms with Crippen LogP contribution in [0, 0.1) is 0 Å². The SMILES string of the molecule is CCNCCCC(C)c1ccccc1. The third-order valence-corrected chi connectivity index (χ3v) is 2.61. The zero-order valence-corrected chi connectivity index (χ0v) is 9.29. The van der Waals surface area contributed by atoms with Gasteiger partial charge >= 0.3 is 0 Å². The van der Waals surface area contributed by atoms with Crippen molar-refractivity contribution in [2.75, 3.05) is 13.1 Å². The van der Waals surface area contributed by atoms with E-state index in [0.717, 1.165) is 13.1 Å². The lowest BCUT2D eigenvalue weighted by atomic mass is 9.96. The number of benzene rings is 1. The number of nitrogens with one attached hydrogen (secondary N) is 1. The van der Waals surface area contributed by atoms with Gasteiger partial charge in [0.1, 0.15) is 0 Å². The first-order chi connectivity index (χ1) is 6.84. The molecule has 0 aliphatic heterocycles. The monoisotopic (exact) mass is 191 g/mol. The van der Waals surface area contributed by atoms with Gasteiger partial charge in [-0.1, -0.05) is 44.2 Å². The van der Waals surface area contributed by atoms with E-state index < -0.39 is 0 Å². The molecule has 0 fully saturated rings. The third-order valence-electron chi connectivity index (χ3n) is 2.61. The summed E-state index contributed by atoms with van der Waals surface area (Å²) >= 11 is 0. The minimum Gasteiger partial charge on any atom is -0.317 e. The summed E-state index contributed by atoms with van der Waals surface area (Å²) < 4.78 is 0. The minimum absolute atomic E-state index is 0.690. The predicted octanol–water partition coefficient (Wildman–Crippen LogP) is 3.18. The van der Waals surface area contributed by atoms with Gasteiger partial charge in [0.25, 0.3) is 0 Å². The maximum absolute atomic E-state index is 3.36. The smallest absolute Gasteiger partial charge is 0.00488 e. The summed E-state index contributed by atoms with van der Waals surface area (Å²) in [6.07, 6.45) is 2.54. The van der Waals surface area contributed by atoms with Crippen LogP contribution in [0.1, 0.15) is 38.2 Å². The van der Waals surface area contributed by atoms with Gasteiger partial charge < -0.3 is 5.32 Å². The first kappa shape index (κ1) is 11.3. The first-order valence-electron chi connectivity index (χ1n) is 5.60. The molecule has 1 nitrogen and oxygen atoms in total. The van der Waals surface area contributed by atoms with Crippen molar-refractivity contribution in [2.45, 2.75) is 32.6 Å². The van der Waals surface area contributed by atoms with Crippen LogP contribution in [0.3, 0.4) is 0 Å². The van der Waals surface area contributed by atoms with Crippen LogP contribution in [-0.2, 0) is 0 Å². The van der Waals surface area contributed by atoms with Crippen molar-refractivity contribution in [3.63, 3.8) is 0 Å². The minimum atomic E-state index is 0.690. The molecule has 1 heteroatoms. The average Bonchev–Trinajstić information content (AvgIpc) is 2.25. The molecule has 1 aromatic rings. The fourth-order valence-electron chi connectivity index (χ4n) is 1.66. The van der Waals surface area contributed by atoms with Gasteiger partial charge in [-0.05, 0) is 37.4 Å². The van der Waals surface area contributed by atoms with Gasteiger partial charge in [0, 0.05) is 0 Å². The van der Waals surface area contributed by atoms with Crippen molar-refractivity contribution in [3.8, 4) is 0 Å². The van der Waals surface area contributed by atoms with E-state index in [-0.39, 0.29) is 0 Å². The van der Waals surface area contributed by atoms with Crippen LogP contribution in [0.2, 0.25) is 0 Å². The Kier molecular flexibility index (Phi) is 5.31. The van der Waals surface area contributed by atoms with E-state index in [4.69, 9.17) is 0 Å². The van der Waals surface area contributed by atoms with Gasteiger partial charge in [0.2, 0.25) is 0 Å². The second-order valence-electron chi connectivity index (χ2n) is 3.81. The molecular weight excluding hydrogens is 170 g/mol. The van der Waals surface area contributed by atoms with E-state index in [0.29, 0.717) is 5.92 Å². The van der Waals surface area contributed by atoms with Crippen LogP contribution in [0.25, 0.3) is 0 Å². The van der Waals surface area contributed by atoms with E-state index in [1.807, 2.05) is 0 Å². The van der Waals surface area contributed by atoms with Crippen LogP contribution in [0.5, 0.6) is 0 Å². The molecule has 0 saturated heterocycles. The molecule has 1 rings (SSSR count). The summed E-state index contributed by atoms with van der Waals surface area (Å²) in [5.41, 5.74) is 1.46. The van der Waals surface area contributed by atoms with Crippen LogP contribution in [0.15, 0.2) is 30.3 Å². The van der Waals surface area contributed by atoms with Crippen molar-refractivity contribution in [1.29, 1.82) is 0 Å². The fourth-order valence-corrected chi connectivity index (χ4v) is 1.66. The molecule has 14 heavy (non-hydrogen) atoms. The van der Waals surface area contributed by atoms with E-state index in [9.17, 15) is 0 Å². The molecule has 0 aliphatic carbocycles. The second kappa shape index (κ2) is 6.61. The normalized spacial score (nSPS) is 12.7. The van der Waals surface area contributed by atoms with Crippen molar-refractivity contribution < 1.29 is 0 Å². The van der Waals surface area contributed by atoms with E-state index in [1.54, 1.807) is 0 Å². The number of hydrogen-bond donors (Lipinski definition) is 1. The average molecular weight is 191 g/mol. The largest absolute Gasteiger partial charge is 0.317 e. The molecule has 1 N–H and O–H groups in total. The number of rotatable bonds is 6. The highest BCUT2D eigenvalue weighted by Gasteiger charge is 2.03. The van der Waals surface area contributed by atoms with Gasteiger partial charge in [-0.15, -0.1) is 0 Å². The molecule has 0 bridgehead atoms. The van der Waals surface area contributed by atoms with E-state index >= 15 is 0 Å². The van der Waals surface area contributed by atoms with Gasteiger partial charge in [-0.25, -0.2) is 0 Å². The Labute approximate surface area is 87.5 Å². The lowest BCUT2D eigenvalue weighted by molar-refractivity contribution is 0.589. The quantitative estimate of drug-likeness (QED) is 0.681. The molecular formula is C13H21N. The molecule has 0 amide bonds. The molecule has 0 saturated carbocycles. The Morgan fingerprint density at radius 2 is 1.93 bits per heavy atom. The topological polar surface area (TPSA) is 12.0 Å². The first-order valence-corrected chi connectivity index (χ1v) is 5.60. The zero-order chi connectivity index (χ0) is 10.2. The highest BCUT2D eigenvalue weighted by Crippen LogP contribution is 2.19.